The summed E-state index contributed by atoms with van der Waals surface area (Å²) in [4.78, 5) is 11.9. The molecule has 1 aliphatic carbocycles. The fourth-order valence-electron chi connectivity index (χ4n) is 2.17. The molecule has 0 spiro atoms. The van der Waals surface area contributed by atoms with E-state index in [1.54, 1.807) is 6.20 Å². The molecule has 0 aromatic carbocycles. The maximum Gasteiger partial charge on any atom is 0.273 e. The summed E-state index contributed by atoms with van der Waals surface area (Å²) in [7, 11) is 0. The second-order valence-corrected chi connectivity index (χ2v) is 4.59. The fourth-order valence-corrected chi connectivity index (χ4v) is 2.17. The lowest BCUT2D eigenvalue weighted by molar-refractivity contribution is 0.0713. The summed E-state index contributed by atoms with van der Waals surface area (Å²) in [6, 6.07) is -0.175. The molecular formula is C11H19N5O2. The maximum atomic E-state index is 11.9. The molecule has 1 heterocycles. The molecule has 0 aliphatic heterocycles. The molecule has 1 amide bonds. The summed E-state index contributed by atoms with van der Waals surface area (Å²) in [5, 5.41) is 20.2. The van der Waals surface area contributed by atoms with Gasteiger partial charge in [-0.2, -0.15) is 0 Å². The van der Waals surface area contributed by atoms with Crippen LogP contribution in [0.25, 0.3) is 0 Å². The van der Waals surface area contributed by atoms with Crippen molar-refractivity contribution in [1.82, 2.24) is 20.3 Å². The first-order chi connectivity index (χ1) is 8.70. The van der Waals surface area contributed by atoms with Crippen molar-refractivity contribution in [1.29, 1.82) is 0 Å². The van der Waals surface area contributed by atoms with Gasteiger partial charge in [-0.15, -0.1) is 5.10 Å². The van der Waals surface area contributed by atoms with Gasteiger partial charge in [0, 0.05) is 6.54 Å². The molecule has 18 heavy (non-hydrogen) atoms. The Kier molecular flexibility index (Phi) is 4.27. The van der Waals surface area contributed by atoms with E-state index in [0.29, 0.717) is 13.1 Å². The number of nitrogens with two attached hydrogens (primary N) is 1. The molecule has 2 rings (SSSR count). The van der Waals surface area contributed by atoms with Gasteiger partial charge in [-0.3, -0.25) is 9.48 Å². The number of nitrogens with one attached hydrogen (secondary N) is 1. The first kappa shape index (κ1) is 13.0. The van der Waals surface area contributed by atoms with Gasteiger partial charge in [-0.1, -0.05) is 18.1 Å². The van der Waals surface area contributed by atoms with Gasteiger partial charge >= 0.3 is 0 Å². The number of aliphatic hydroxyl groups is 1. The Morgan fingerprint density at radius 2 is 2.33 bits per heavy atom. The van der Waals surface area contributed by atoms with Gasteiger partial charge in [0.2, 0.25) is 0 Å². The summed E-state index contributed by atoms with van der Waals surface area (Å²) in [6.45, 7) is 0.984. The third kappa shape index (κ3) is 3.05. The average molecular weight is 253 g/mol. The van der Waals surface area contributed by atoms with Gasteiger partial charge in [-0.25, -0.2) is 0 Å². The molecule has 4 N–H and O–H groups in total. The zero-order valence-corrected chi connectivity index (χ0v) is 10.2. The van der Waals surface area contributed by atoms with Crippen LogP contribution >= 0.6 is 0 Å². The molecule has 1 aliphatic rings. The van der Waals surface area contributed by atoms with Crippen LogP contribution in [0.2, 0.25) is 0 Å². The Labute approximate surface area is 105 Å². The van der Waals surface area contributed by atoms with Crippen molar-refractivity contribution in [3.05, 3.63) is 11.9 Å². The Morgan fingerprint density at radius 1 is 1.56 bits per heavy atom. The highest BCUT2D eigenvalue weighted by molar-refractivity contribution is 5.92. The number of rotatable bonds is 4. The van der Waals surface area contributed by atoms with E-state index in [9.17, 15) is 9.90 Å². The van der Waals surface area contributed by atoms with Crippen molar-refractivity contribution < 1.29 is 9.90 Å². The van der Waals surface area contributed by atoms with Crippen molar-refractivity contribution in [3.63, 3.8) is 0 Å². The smallest absolute Gasteiger partial charge is 0.273 e. The minimum Gasteiger partial charge on any atom is -0.391 e. The predicted molar refractivity (Wildman–Crippen MR) is 64.8 cm³/mol. The molecule has 1 saturated carbocycles. The summed E-state index contributed by atoms with van der Waals surface area (Å²) in [5.74, 6) is -0.288. The lowest BCUT2D eigenvalue weighted by Crippen LogP contribution is -2.45. The van der Waals surface area contributed by atoms with E-state index in [1.807, 2.05) is 0 Å². The van der Waals surface area contributed by atoms with Gasteiger partial charge in [-0.05, 0) is 12.8 Å². The summed E-state index contributed by atoms with van der Waals surface area (Å²) >= 11 is 0. The van der Waals surface area contributed by atoms with Gasteiger partial charge in [0.05, 0.1) is 24.9 Å². The Balaban J connectivity index is 1.93. The number of carbonyl (C=O) groups excluding carboxylic acids is 1. The van der Waals surface area contributed by atoms with Gasteiger partial charge in [0.15, 0.2) is 5.69 Å². The number of hydrogen-bond donors (Lipinski definition) is 3. The third-order valence-corrected chi connectivity index (χ3v) is 3.18. The molecule has 0 radical (unpaired) electrons. The average Bonchev–Trinajstić information content (AvgIpc) is 2.81. The summed E-state index contributed by atoms with van der Waals surface area (Å²) in [6.07, 6.45) is 4.70. The van der Waals surface area contributed by atoms with Crippen LogP contribution in [-0.4, -0.2) is 44.7 Å². The monoisotopic (exact) mass is 253 g/mol. The standard InChI is InChI=1S/C11H19N5O2/c12-5-6-16-7-9(14-15-16)11(18)13-8-3-1-2-4-10(8)17/h7-8,10,17H,1-6,12H2,(H,13,18). The van der Waals surface area contributed by atoms with Crippen LogP contribution in [0.15, 0.2) is 6.20 Å². The van der Waals surface area contributed by atoms with E-state index in [1.165, 1.54) is 4.68 Å². The Bertz CT molecular complexity index is 406. The number of carbonyl (C=O) groups is 1. The molecule has 0 bridgehead atoms. The number of amides is 1. The van der Waals surface area contributed by atoms with Crippen molar-refractivity contribution in [2.24, 2.45) is 5.73 Å². The van der Waals surface area contributed by atoms with Crippen LogP contribution in [-0.2, 0) is 6.54 Å². The topological polar surface area (TPSA) is 106 Å². The van der Waals surface area contributed by atoms with Crippen LogP contribution in [0.1, 0.15) is 36.2 Å². The van der Waals surface area contributed by atoms with E-state index in [2.05, 4.69) is 15.6 Å². The predicted octanol–water partition coefficient (Wildman–Crippen LogP) is -0.730. The van der Waals surface area contributed by atoms with E-state index < -0.39 is 6.10 Å². The summed E-state index contributed by atoms with van der Waals surface area (Å²) < 4.78 is 1.53. The second-order valence-electron chi connectivity index (χ2n) is 4.59. The van der Waals surface area contributed by atoms with Crippen molar-refractivity contribution in [3.8, 4) is 0 Å². The van der Waals surface area contributed by atoms with Gasteiger partial charge in [0.1, 0.15) is 0 Å². The van der Waals surface area contributed by atoms with Crippen LogP contribution in [0.4, 0.5) is 0 Å². The highest BCUT2D eigenvalue weighted by atomic mass is 16.3. The van der Waals surface area contributed by atoms with E-state index in [4.69, 9.17) is 5.73 Å². The SMILES string of the molecule is NCCn1cc(C(=O)NC2CCCCC2O)nn1. The highest BCUT2D eigenvalue weighted by Crippen LogP contribution is 2.18. The van der Waals surface area contributed by atoms with Crippen molar-refractivity contribution >= 4 is 5.91 Å². The molecule has 1 aromatic heterocycles. The molecule has 100 valence electrons. The number of nitrogens with zero attached hydrogens (tertiary/aromatic N) is 3. The largest absolute Gasteiger partial charge is 0.391 e. The van der Waals surface area contributed by atoms with E-state index >= 15 is 0 Å². The molecule has 7 nitrogen and oxygen atoms in total. The minimum absolute atomic E-state index is 0.175. The normalized spacial score (nSPS) is 23.9. The first-order valence-electron chi connectivity index (χ1n) is 6.30. The zero-order valence-electron chi connectivity index (χ0n) is 10.2. The lowest BCUT2D eigenvalue weighted by atomic mass is 9.92. The van der Waals surface area contributed by atoms with Crippen LogP contribution in [0, 0.1) is 0 Å². The van der Waals surface area contributed by atoms with Crippen molar-refractivity contribution in [2.45, 2.75) is 44.4 Å². The third-order valence-electron chi connectivity index (χ3n) is 3.18. The second kappa shape index (κ2) is 5.92. The van der Waals surface area contributed by atoms with Crippen LogP contribution < -0.4 is 11.1 Å². The maximum absolute atomic E-state index is 11.9. The molecule has 2 unspecified atom stereocenters. The first-order valence-corrected chi connectivity index (χ1v) is 6.30. The molecule has 2 atom stereocenters. The number of aliphatic hydroxyl groups excluding tert-OH is 1. The van der Waals surface area contributed by atoms with Crippen LogP contribution in [0.5, 0.6) is 0 Å². The Morgan fingerprint density at radius 3 is 3.06 bits per heavy atom. The highest BCUT2D eigenvalue weighted by Gasteiger charge is 2.25. The molecular weight excluding hydrogens is 234 g/mol. The molecule has 1 fully saturated rings. The molecule has 7 heteroatoms. The number of hydrogen-bond acceptors (Lipinski definition) is 5. The fraction of sp³-hybridized carbons (Fsp3) is 0.727. The number of aromatic nitrogens is 3. The zero-order chi connectivity index (χ0) is 13.0. The lowest BCUT2D eigenvalue weighted by Gasteiger charge is -2.27. The molecule has 1 aromatic rings. The van der Waals surface area contributed by atoms with Gasteiger partial charge < -0.3 is 16.2 Å². The van der Waals surface area contributed by atoms with E-state index in [0.717, 1.165) is 25.7 Å². The van der Waals surface area contributed by atoms with Gasteiger partial charge in [0.25, 0.3) is 5.91 Å². The summed E-state index contributed by atoms with van der Waals surface area (Å²) in [5.41, 5.74) is 5.66. The minimum atomic E-state index is -0.457. The van der Waals surface area contributed by atoms with Crippen molar-refractivity contribution in [2.75, 3.05) is 6.54 Å². The Hall–Kier alpha value is -1.47. The van der Waals surface area contributed by atoms with Crippen LogP contribution in [0.3, 0.4) is 0 Å². The quantitative estimate of drug-likeness (QED) is 0.656. The van der Waals surface area contributed by atoms with E-state index in [-0.39, 0.29) is 17.6 Å². The molecule has 0 saturated heterocycles.